The molecule has 2 N–H and O–H groups in total. The number of nitrogens with zero attached hydrogens (tertiary/aromatic N) is 1. The van der Waals surface area contributed by atoms with E-state index in [2.05, 4.69) is 38.7 Å². The number of guanidine groups is 1. The summed E-state index contributed by atoms with van der Waals surface area (Å²) < 4.78 is 4.53. The Morgan fingerprint density at radius 2 is 2.53 bits per heavy atom. The van der Waals surface area contributed by atoms with Gasteiger partial charge in [-0.05, 0) is 30.4 Å². The highest BCUT2D eigenvalue weighted by molar-refractivity contribution is 7.10. The maximum absolute atomic E-state index is 11.1. The molecule has 92 valence electrons. The fraction of sp³-hybridized carbons (Fsp3) is 0.455. The van der Waals surface area contributed by atoms with Crippen molar-refractivity contribution in [2.24, 2.45) is 4.99 Å². The molecule has 2 rings (SSSR count). The van der Waals surface area contributed by atoms with E-state index in [1.54, 1.807) is 11.3 Å². The minimum atomic E-state index is -0.501. The zero-order chi connectivity index (χ0) is 12.3. The summed E-state index contributed by atoms with van der Waals surface area (Å²) in [4.78, 5) is 16.8. The predicted molar refractivity (Wildman–Crippen MR) is 67.4 cm³/mol. The van der Waals surface area contributed by atoms with Gasteiger partial charge in [-0.25, -0.2) is 9.79 Å². The van der Waals surface area contributed by atoms with E-state index in [-0.39, 0.29) is 6.04 Å². The summed E-state index contributed by atoms with van der Waals surface area (Å²) >= 11 is 1.72. The molecule has 2 heterocycles. The molecule has 1 aliphatic rings. The standard InChI is InChI=1S/C11H15N3O2S/c1-7-8(4-6-17-7)9-3-5-12-10(13-9)14-11(15)16-2/h4,6,9H,3,5H2,1-2H3,(H2,12,13,14,15). The normalized spacial score (nSPS) is 19.2. The number of thiophene rings is 1. The Hall–Kier alpha value is -1.56. The topological polar surface area (TPSA) is 62.7 Å². The number of aryl methyl sites for hydroxylation is 1. The Morgan fingerprint density at radius 3 is 3.18 bits per heavy atom. The number of amides is 1. The number of hydrogen-bond donors (Lipinski definition) is 2. The molecule has 1 atom stereocenters. The summed E-state index contributed by atoms with van der Waals surface area (Å²) in [5.74, 6) is 0.485. The summed E-state index contributed by atoms with van der Waals surface area (Å²) in [5, 5.41) is 7.66. The average Bonchev–Trinajstić information content (AvgIpc) is 2.75. The van der Waals surface area contributed by atoms with E-state index in [0.29, 0.717) is 5.96 Å². The first kappa shape index (κ1) is 11.9. The van der Waals surface area contributed by atoms with E-state index in [9.17, 15) is 4.79 Å². The fourth-order valence-corrected chi connectivity index (χ4v) is 2.54. The van der Waals surface area contributed by atoms with Crippen LogP contribution in [0, 0.1) is 6.92 Å². The molecule has 0 bridgehead atoms. The van der Waals surface area contributed by atoms with Gasteiger partial charge in [0.1, 0.15) is 0 Å². The number of ether oxygens (including phenoxy) is 1. The first-order chi connectivity index (χ1) is 8.20. The number of carbonyl (C=O) groups excluding carboxylic acids is 1. The lowest BCUT2D eigenvalue weighted by Gasteiger charge is -2.22. The van der Waals surface area contributed by atoms with Crippen molar-refractivity contribution in [2.75, 3.05) is 13.7 Å². The number of carbonyl (C=O) groups is 1. The number of methoxy groups -OCH3 is 1. The molecule has 0 spiro atoms. The smallest absolute Gasteiger partial charge is 0.413 e. The van der Waals surface area contributed by atoms with Crippen LogP contribution >= 0.6 is 11.3 Å². The van der Waals surface area contributed by atoms with Crippen LogP contribution in [0.2, 0.25) is 0 Å². The third kappa shape index (κ3) is 2.76. The van der Waals surface area contributed by atoms with Crippen LogP contribution in [-0.2, 0) is 4.74 Å². The number of alkyl carbamates (subject to hydrolysis) is 1. The second kappa shape index (κ2) is 5.18. The van der Waals surface area contributed by atoms with Crippen LogP contribution in [0.25, 0.3) is 0 Å². The van der Waals surface area contributed by atoms with Gasteiger partial charge in [0.05, 0.1) is 13.2 Å². The Morgan fingerprint density at radius 1 is 1.71 bits per heavy atom. The van der Waals surface area contributed by atoms with E-state index < -0.39 is 6.09 Å². The molecule has 0 aromatic carbocycles. The van der Waals surface area contributed by atoms with Gasteiger partial charge in [0.2, 0.25) is 5.96 Å². The van der Waals surface area contributed by atoms with Crippen molar-refractivity contribution in [3.63, 3.8) is 0 Å². The third-order valence-electron chi connectivity index (χ3n) is 2.66. The largest absolute Gasteiger partial charge is 0.453 e. The highest BCUT2D eigenvalue weighted by Crippen LogP contribution is 2.28. The van der Waals surface area contributed by atoms with Gasteiger partial charge in [-0.3, -0.25) is 5.32 Å². The van der Waals surface area contributed by atoms with Crippen LogP contribution in [0.1, 0.15) is 22.9 Å². The Balaban J connectivity index is 2.12. The SMILES string of the molecule is COC(=O)NC1=NC(c2ccsc2C)CCN1. The van der Waals surface area contributed by atoms with Crippen molar-refractivity contribution < 1.29 is 9.53 Å². The van der Waals surface area contributed by atoms with Crippen LogP contribution in [0.3, 0.4) is 0 Å². The Bertz CT molecular complexity index is 442. The molecule has 5 nitrogen and oxygen atoms in total. The van der Waals surface area contributed by atoms with Crippen LogP contribution in [0.15, 0.2) is 16.4 Å². The third-order valence-corrected chi connectivity index (χ3v) is 3.52. The maximum atomic E-state index is 11.1. The van der Waals surface area contributed by atoms with Crippen molar-refractivity contribution >= 4 is 23.4 Å². The molecule has 1 amide bonds. The van der Waals surface area contributed by atoms with E-state index in [0.717, 1.165) is 13.0 Å². The van der Waals surface area contributed by atoms with Gasteiger partial charge in [0, 0.05) is 11.4 Å². The molecule has 0 radical (unpaired) electrons. The number of aliphatic imine (C=N–C) groups is 1. The molecular weight excluding hydrogens is 238 g/mol. The zero-order valence-electron chi connectivity index (χ0n) is 9.82. The first-order valence-corrected chi connectivity index (χ1v) is 6.29. The lowest BCUT2D eigenvalue weighted by Crippen LogP contribution is -2.44. The van der Waals surface area contributed by atoms with Crippen molar-refractivity contribution in [1.82, 2.24) is 10.6 Å². The van der Waals surface area contributed by atoms with E-state index >= 15 is 0 Å². The minimum Gasteiger partial charge on any atom is -0.453 e. The van der Waals surface area contributed by atoms with Gasteiger partial charge >= 0.3 is 6.09 Å². The van der Waals surface area contributed by atoms with Gasteiger partial charge < -0.3 is 10.1 Å². The molecule has 17 heavy (non-hydrogen) atoms. The van der Waals surface area contributed by atoms with Crippen molar-refractivity contribution in [1.29, 1.82) is 0 Å². The summed E-state index contributed by atoms with van der Waals surface area (Å²) in [6, 6.07) is 2.21. The molecule has 1 aromatic heterocycles. The van der Waals surface area contributed by atoms with Crippen molar-refractivity contribution in [2.45, 2.75) is 19.4 Å². The van der Waals surface area contributed by atoms with Crippen molar-refractivity contribution in [3.8, 4) is 0 Å². The predicted octanol–water partition coefficient (Wildman–Crippen LogP) is 1.80. The highest BCUT2D eigenvalue weighted by Gasteiger charge is 2.19. The molecular formula is C11H15N3O2S. The lowest BCUT2D eigenvalue weighted by molar-refractivity contribution is 0.176. The first-order valence-electron chi connectivity index (χ1n) is 5.41. The monoisotopic (exact) mass is 253 g/mol. The van der Waals surface area contributed by atoms with E-state index in [4.69, 9.17) is 0 Å². The summed E-state index contributed by atoms with van der Waals surface area (Å²) in [6.07, 6.45) is 0.433. The van der Waals surface area contributed by atoms with Gasteiger partial charge in [0.15, 0.2) is 0 Å². The quantitative estimate of drug-likeness (QED) is 0.802. The summed E-state index contributed by atoms with van der Waals surface area (Å²) in [6.45, 7) is 2.88. The maximum Gasteiger partial charge on any atom is 0.413 e. The number of rotatable bonds is 1. The molecule has 6 heteroatoms. The fourth-order valence-electron chi connectivity index (χ4n) is 1.78. The average molecular weight is 253 g/mol. The second-order valence-corrected chi connectivity index (χ2v) is 4.88. The molecule has 1 unspecified atom stereocenters. The highest BCUT2D eigenvalue weighted by atomic mass is 32.1. The van der Waals surface area contributed by atoms with Crippen LogP contribution < -0.4 is 10.6 Å². The van der Waals surface area contributed by atoms with Gasteiger partial charge in [-0.1, -0.05) is 0 Å². The van der Waals surface area contributed by atoms with Gasteiger partial charge in [-0.2, -0.15) is 0 Å². The van der Waals surface area contributed by atoms with E-state index in [1.165, 1.54) is 17.6 Å². The summed E-state index contributed by atoms with van der Waals surface area (Å²) in [5.41, 5.74) is 1.24. The minimum absolute atomic E-state index is 0.120. The Labute approximate surface area is 104 Å². The molecule has 0 aliphatic carbocycles. The van der Waals surface area contributed by atoms with Gasteiger partial charge in [-0.15, -0.1) is 11.3 Å². The van der Waals surface area contributed by atoms with Crippen LogP contribution in [0.5, 0.6) is 0 Å². The molecule has 0 saturated carbocycles. The lowest BCUT2D eigenvalue weighted by atomic mass is 10.0. The molecule has 0 fully saturated rings. The van der Waals surface area contributed by atoms with Crippen LogP contribution in [0.4, 0.5) is 4.79 Å². The second-order valence-electron chi connectivity index (χ2n) is 3.76. The molecule has 0 saturated heterocycles. The zero-order valence-corrected chi connectivity index (χ0v) is 10.6. The molecule has 1 aliphatic heterocycles. The van der Waals surface area contributed by atoms with Crippen LogP contribution in [-0.4, -0.2) is 25.7 Å². The molecule has 1 aromatic rings. The Kier molecular flexibility index (Phi) is 3.63. The number of nitrogens with one attached hydrogen (secondary N) is 2. The van der Waals surface area contributed by atoms with Crippen molar-refractivity contribution in [3.05, 3.63) is 21.9 Å². The van der Waals surface area contributed by atoms with E-state index in [1.807, 2.05) is 0 Å². The number of hydrogen-bond acceptors (Lipinski definition) is 5. The van der Waals surface area contributed by atoms with Gasteiger partial charge in [0.25, 0.3) is 0 Å². The summed E-state index contributed by atoms with van der Waals surface area (Å²) in [7, 11) is 1.33.